The molecule has 1 aliphatic heterocycles. The van der Waals surface area contributed by atoms with Crippen molar-refractivity contribution in [2.75, 3.05) is 42.9 Å². The second-order valence-corrected chi connectivity index (χ2v) is 9.53. The molecule has 168 valence electrons. The zero-order chi connectivity index (χ0) is 22.7. The van der Waals surface area contributed by atoms with Crippen LogP contribution in [0.3, 0.4) is 0 Å². The maximum atomic E-state index is 12.4. The number of piperazine rings is 1. The summed E-state index contributed by atoms with van der Waals surface area (Å²) in [5, 5.41) is 13.5. The van der Waals surface area contributed by atoms with Gasteiger partial charge in [-0.05, 0) is 67.0 Å². The van der Waals surface area contributed by atoms with E-state index in [4.69, 9.17) is 16.6 Å². The quantitative estimate of drug-likeness (QED) is 0.717. The summed E-state index contributed by atoms with van der Waals surface area (Å²) in [4.78, 5) is 21.8. The Balaban J connectivity index is 1.42. The van der Waals surface area contributed by atoms with E-state index >= 15 is 0 Å². The van der Waals surface area contributed by atoms with E-state index in [0.29, 0.717) is 17.5 Å². The standard InChI is InChI=1S/C25H30ClN5O/c1-17(2)14-23-21-5-3-4-20(21)22(15-27)25(29-23)31-12-10-30(11-13-31)16-24(32)28-19-8-6-18(26)7-9-19/h6-9,17H,3-5,10-14,16H2,1-2H3,(H,28,32). The van der Waals surface area contributed by atoms with Crippen LogP contribution in [0.5, 0.6) is 0 Å². The van der Waals surface area contributed by atoms with Crippen molar-refractivity contribution in [1.82, 2.24) is 9.88 Å². The van der Waals surface area contributed by atoms with Gasteiger partial charge >= 0.3 is 0 Å². The maximum Gasteiger partial charge on any atom is 0.238 e. The zero-order valence-electron chi connectivity index (χ0n) is 18.8. The molecule has 4 rings (SSSR count). The Morgan fingerprint density at radius 1 is 1.16 bits per heavy atom. The summed E-state index contributed by atoms with van der Waals surface area (Å²) in [6, 6.07) is 9.59. The SMILES string of the molecule is CC(C)Cc1nc(N2CCN(CC(=O)Nc3ccc(Cl)cc3)CC2)c(C#N)c2c1CCC2. The Morgan fingerprint density at radius 3 is 2.50 bits per heavy atom. The molecule has 1 aliphatic carbocycles. The van der Waals surface area contributed by atoms with Crippen LogP contribution in [0.1, 0.15) is 42.7 Å². The van der Waals surface area contributed by atoms with Crippen LogP contribution in [-0.2, 0) is 24.1 Å². The summed E-state index contributed by atoms with van der Waals surface area (Å²) in [6.07, 6.45) is 4.07. The van der Waals surface area contributed by atoms with E-state index in [1.807, 2.05) is 0 Å². The first kappa shape index (κ1) is 22.6. The lowest BCUT2D eigenvalue weighted by Gasteiger charge is -2.36. The first-order valence-electron chi connectivity index (χ1n) is 11.4. The summed E-state index contributed by atoms with van der Waals surface area (Å²) in [7, 11) is 0. The van der Waals surface area contributed by atoms with Gasteiger partial charge in [-0.3, -0.25) is 9.69 Å². The molecule has 1 saturated heterocycles. The first-order valence-corrected chi connectivity index (χ1v) is 11.8. The molecule has 0 radical (unpaired) electrons. The number of nitrogens with zero attached hydrogens (tertiary/aromatic N) is 4. The number of aromatic nitrogens is 1. The molecule has 1 N–H and O–H groups in total. The molecule has 0 unspecified atom stereocenters. The number of hydrogen-bond donors (Lipinski definition) is 1. The smallest absolute Gasteiger partial charge is 0.238 e. The summed E-state index contributed by atoms with van der Waals surface area (Å²) < 4.78 is 0. The third-order valence-electron chi connectivity index (χ3n) is 6.21. The molecule has 1 amide bonds. The highest BCUT2D eigenvalue weighted by Crippen LogP contribution is 2.34. The van der Waals surface area contributed by atoms with E-state index in [1.54, 1.807) is 24.3 Å². The largest absolute Gasteiger partial charge is 0.353 e. The van der Waals surface area contributed by atoms with Gasteiger partial charge in [0.2, 0.25) is 5.91 Å². The van der Waals surface area contributed by atoms with Gasteiger partial charge in [0, 0.05) is 42.6 Å². The van der Waals surface area contributed by atoms with Crippen molar-refractivity contribution >= 4 is 29.0 Å². The van der Waals surface area contributed by atoms with Gasteiger partial charge in [0.05, 0.1) is 12.1 Å². The lowest BCUT2D eigenvalue weighted by atomic mass is 9.97. The van der Waals surface area contributed by atoms with Gasteiger partial charge in [0.1, 0.15) is 11.9 Å². The number of benzene rings is 1. The lowest BCUT2D eigenvalue weighted by molar-refractivity contribution is -0.117. The van der Waals surface area contributed by atoms with E-state index in [0.717, 1.165) is 68.9 Å². The van der Waals surface area contributed by atoms with Crippen LogP contribution >= 0.6 is 11.6 Å². The highest BCUT2D eigenvalue weighted by atomic mass is 35.5. The molecule has 1 fully saturated rings. The van der Waals surface area contributed by atoms with Gasteiger partial charge in [0.15, 0.2) is 0 Å². The lowest BCUT2D eigenvalue weighted by Crippen LogP contribution is -2.49. The molecule has 7 heteroatoms. The number of nitriles is 1. The number of pyridine rings is 1. The van der Waals surface area contributed by atoms with Crippen molar-refractivity contribution in [2.24, 2.45) is 5.92 Å². The predicted molar refractivity (Wildman–Crippen MR) is 128 cm³/mol. The summed E-state index contributed by atoms with van der Waals surface area (Å²) in [6.45, 7) is 7.82. The van der Waals surface area contributed by atoms with Crippen LogP contribution < -0.4 is 10.2 Å². The predicted octanol–water partition coefficient (Wildman–Crippen LogP) is 4.05. The number of carbonyl (C=O) groups is 1. The van der Waals surface area contributed by atoms with Crippen molar-refractivity contribution in [1.29, 1.82) is 5.26 Å². The molecule has 0 spiro atoms. The number of anilines is 2. The fourth-order valence-corrected chi connectivity index (χ4v) is 4.81. The normalized spacial score (nSPS) is 16.2. The first-order chi connectivity index (χ1) is 15.4. The number of fused-ring (bicyclic) bond motifs is 1. The average molecular weight is 452 g/mol. The summed E-state index contributed by atoms with van der Waals surface area (Å²) in [5.74, 6) is 1.34. The van der Waals surface area contributed by atoms with E-state index in [9.17, 15) is 10.1 Å². The summed E-state index contributed by atoms with van der Waals surface area (Å²) in [5.41, 5.74) is 5.22. The molecule has 0 saturated carbocycles. The fourth-order valence-electron chi connectivity index (χ4n) is 4.68. The summed E-state index contributed by atoms with van der Waals surface area (Å²) >= 11 is 5.90. The minimum absolute atomic E-state index is 0.0339. The van der Waals surface area contributed by atoms with Crippen LogP contribution in [0.15, 0.2) is 24.3 Å². The molecule has 2 aromatic rings. The van der Waals surface area contributed by atoms with E-state index in [1.165, 1.54) is 16.8 Å². The molecule has 1 aromatic carbocycles. The molecule has 0 atom stereocenters. The number of hydrogen-bond acceptors (Lipinski definition) is 5. The van der Waals surface area contributed by atoms with Crippen LogP contribution in [-0.4, -0.2) is 48.5 Å². The number of carbonyl (C=O) groups excluding carboxylic acids is 1. The van der Waals surface area contributed by atoms with Gasteiger partial charge in [-0.15, -0.1) is 0 Å². The molecule has 32 heavy (non-hydrogen) atoms. The average Bonchev–Trinajstić information content (AvgIpc) is 3.25. The van der Waals surface area contributed by atoms with Crippen LogP contribution in [0.25, 0.3) is 0 Å². The highest BCUT2D eigenvalue weighted by molar-refractivity contribution is 6.30. The molecule has 2 aliphatic rings. The number of rotatable bonds is 6. The Labute approximate surface area is 195 Å². The van der Waals surface area contributed by atoms with Gasteiger partial charge in [0.25, 0.3) is 0 Å². The minimum Gasteiger partial charge on any atom is -0.353 e. The Hall–Kier alpha value is -2.62. The Bertz CT molecular complexity index is 1020. The van der Waals surface area contributed by atoms with Gasteiger partial charge in [-0.2, -0.15) is 5.26 Å². The molecule has 6 nitrogen and oxygen atoms in total. The van der Waals surface area contributed by atoms with Crippen molar-refractivity contribution in [3.63, 3.8) is 0 Å². The molecular weight excluding hydrogens is 422 g/mol. The van der Waals surface area contributed by atoms with Crippen LogP contribution in [0.4, 0.5) is 11.5 Å². The molecule has 0 bridgehead atoms. The molecular formula is C25H30ClN5O. The van der Waals surface area contributed by atoms with Crippen LogP contribution in [0, 0.1) is 17.2 Å². The van der Waals surface area contributed by atoms with Gasteiger partial charge in [-0.1, -0.05) is 25.4 Å². The fraction of sp³-hybridized carbons (Fsp3) is 0.480. The third kappa shape index (κ3) is 5.06. The molecule has 2 heterocycles. The van der Waals surface area contributed by atoms with Crippen molar-refractivity contribution in [2.45, 2.75) is 39.5 Å². The molecule has 1 aromatic heterocycles. The van der Waals surface area contributed by atoms with E-state index in [2.05, 4.69) is 35.0 Å². The van der Waals surface area contributed by atoms with E-state index in [-0.39, 0.29) is 5.91 Å². The van der Waals surface area contributed by atoms with Crippen LogP contribution in [0.2, 0.25) is 5.02 Å². The second-order valence-electron chi connectivity index (χ2n) is 9.10. The zero-order valence-corrected chi connectivity index (χ0v) is 19.6. The Kier molecular flexibility index (Phi) is 6.98. The second kappa shape index (κ2) is 9.89. The van der Waals surface area contributed by atoms with E-state index < -0.39 is 0 Å². The van der Waals surface area contributed by atoms with Gasteiger partial charge < -0.3 is 10.2 Å². The number of halogens is 1. The minimum atomic E-state index is -0.0339. The van der Waals surface area contributed by atoms with Crippen molar-refractivity contribution < 1.29 is 4.79 Å². The Morgan fingerprint density at radius 2 is 1.84 bits per heavy atom. The van der Waals surface area contributed by atoms with Gasteiger partial charge in [-0.25, -0.2) is 4.98 Å². The van der Waals surface area contributed by atoms with Crippen molar-refractivity contribution in [3.8, 4) is 6.07 Å². The highest BCUT2D eigenvalue weighted by Gasteiger charge is 2.28. The maximum absolute atomic E-state index is 12.4. The topological polar surface area (TPSA) is 72.3 Å². The monoisotopic (exact) mass is 451 g/mol. The third-order valence-corrected chi connectivity index (χ3v) is 6.46. The number of nitrogens with one attached hydrogen (secondary N) is 1. The number of amides is 1. The van der Waals surface area contributed by atoms with Crippen molar-refractivity contribution in [3.05, 3.63) is 51.7 Å².